The van der Waals surface area contributed by atoms with Crippen LogP contribution in [-0.4, -0.2) is 9.55 Å². The minimum Gasteiger partial charge on any atom is -0.353 e. The lowest BCUT2D eigenvalue weighted by Gasteiger charge is -2.05. The Labute approximate surface area is 102 Å². The smallest absolute Gasteiger partial charge is 0.0541 e. The van der Waals surface area contributed by atoms with Crippen LogP contribution in [0.1, 0.15) is 11.4 Å². The molecule has 0 fully saturated rings. The summed E-state index contributed by atoms with van der Waals surface area (Å²) in [6, 6.07) is 10.1. The molecule has 0 spiro atoms. The third-order valence-corrected chi connectivity index (χ3v) is 2.39. The summed E-state index contributed by atoms with van der Waals surface area (Å²) in [5, 5.41) is 3.36. The molecule has 2 rings (SSSR count). The van der Waals surface area contributed by atoms with E-state index < -0.39 is 0 Å². The minimum atomic E-state index is 0. The molecule has 0 saturated carbocycles. The van der Waals surface area contributed by atoms with Gasteiger partial charge in [-0.05, 0) is 24.3 Å². The Balaban J connectivity index is 0.00000128. The summed E-state index contributed by atoms with van der Waals surface area (Å²) in [5.41, 5.74) is 2.36. The van der Waals surface area contributed by atoms with E-state index in [0.717, 1.165) is 18.8 Å². The van der Waals surface area contributed by atoms with Crippen molar-refractivity contribution in [1.82, 2.24) is 14.9 Å². The van der Waals surface area contributed by atoms with Crippen LogP contribution in [0.25, 0.3) is 0 Å². The number of rotatable bonds is 4. The van der Waals surface area contributed by atoms with Crippen molar-refractivity contribution in [2.45, 2.75) is 13.1 Å². The van der Waals surface area contributed by atoms with Gasteiger partial charge in [0.2, 0.25) is 0 Å². The highest BCUT2D eigenvalue weighted by molar-refractivity contribution is 5.85. The van der Waals surface area contributed by atoms with Crippen LogP contribution in [0.15, 0.2) is 42.7 Å². The molecule has 3 nitrogen and oxygen atoms in total. The Hall–Kier alpha value is -1.32. The Morgan fingerprint density at radius 2 is 2.06 bits per heavy atom. The molecule has 1 N–H and O–H groups in total. The third kappa shape index (κ3) is 3.36. The summed E-state index contributed by atoms with van der Waals surface area (Å²) < 4.78 is 2.12. The predicted octanol–water partition coefficient (Wildman–Crippen LogP) is 2.13. The predicted molar refractivity (Wildman–Crippen MR) is 67.4 cm³/mol. The van der Waals surface area contributed by atoms with Gasteiger partial charge in [-0.3, -0.25) is 4.98 Å². The molecule has 0 aliphatic carbocycles. The first-order valence-electron chi connectivity index (χ1n) is 5.07. The fourth-order valence-electron chi connectivity index (χ4n) is 1.50. The molecule has 86 valence electrons. The highest BCUT2D eigenvalue weighted by atomic mass is 35.5. The van der Waals surface area contributed by atoms with E-state index in [2.05, 4.69) is 40.2 Å². The van der Waals surface area contributed by atoms with Crippen LogP contribution in [0, 0.1) is 0 Å². The SMILES string of the molecule is Cl.Cn1cccc1CNCc1ccccn1. The molecule has 2 heterocycles. The largest absolute Gasteiger partial charge is 0.353 e. The van der Waals surface area contributed by atoms with Gasteiger partial charge in [-0.2, -0.15) is 0 Å². The number of hydrogen-bond donors (Lipinski definition) is 1. The normalized spacial score (nSPS) is 9.81. The molecule has 2 aromatic heterocycles. The molecule has 2 aromatic rings. The van der Waals surface area contributed by atoms with E-state index in [1.165, 1.54) is 5.69 Å². The van der Waals surface area contributed by atoms with E-state index in [-0.39, 0.29) is 12.4 Å². The summed E-state index contributed by atoms with van der Waals surface area (Å²) >= 11 is 0. The minimum absolute atomic E-state index is 0. The molecule has 4 heteroatoms. The van der Waals surface area contributed by atoms with E-state index in [4.69, 9.17) is 0 Å². The van der Waals surface area contributed by atoms with Crippen LogP contribution in [0.5, 0.6) is 0 Å². The Kier molecular flexibility index (Phi) is 5.02. The summed E-state index contributed by atoms with van der Waals surface area (Å²) in [7, 11) is 2.05. The van der Waals surface area contributed by atoms with Crippen LogP contribution in [0.2, 0.25) is 0 Å². The molecule has 0 unspecified atom stereocenters. The first-order chi connectivity index (χ1) is 7.36. The molecular formula is C12H16ClN3. The highest BCUT2D eigenvalue weighted by Gasteiger charge is 1.96. The molecule has 0 atom stereocenters. The number of halogens is 1. The number of pyridine rings is 1. The maximum absolute atomic E-state index is 4.25. The van der Waals surface area contributed by atoms with Crippen LogP contribution in [0.4, 0.5) is 0 Å². The van der Waals surface area contributed by atoms with E-state index in [9.17, 15) is 0 Å². The van der Waals surface area contributed by atoms with Crippen molar-refractivity contribution in [2.75, 3.05) is 0 Å². The topological polar surface area (TPSA) is 29.9 Å². The quantitative estimate of drug-likeness (QED) is 0.883. The van der Waals surface area contributed by atoms with Crippen molar-refractivity contribution < 1.29 is 0 Å². The maximum atomic E-state index is 4.25. The molecule has 0 radical (unpaired) electrons. The van der Waals surface area contributed by atoms with Crippen LogP contribution < -0.4 is 5.32 Å². The Morgan fingerprint density at radius 3 is 2.69 bits per heavy atom. The second-order valence-corrected chi connectivity index (χ2v) is 3.54. The molecule has 0 aromatic carbocycles. The first-order valence-corrected chi connectivity index (χ1v) is 5.07. The summed E-state index contributed by atoms with van der Waals surface area (Å²) in [5.74, 6) is 0. The number of nitrogens with zero attached hydrogens (tertiary/aromatic N) is 2. The number of aryl methyl sites for hydroxylation is 1. The van der Waals surface area contributed by atoms with Crippen molar-refractivity contribution >= 4 is 12.4 Å². The zero-order valence-corrected chi connectivity index (χ0v) is 10.1. The third-order valence-electron chi connectivity index (χ3n) is 2.39. The van der Waals surface area contributed by atoms with Crippen molar-refractivity contribution in [3.05, 3.63) is 54.1 Å². The van der Waals surface area contributed by atoms with Crippen molar-refractivity contribution in [3.8, 4) is 0 Å². The van der Waals surface area contributed by atoms with Gasteiger partial charge in [-0.15, -0.1) is 12.4 Å². The second kappa shape index (κ2) is 6.30. The Bertz CT molecular complexity index is 411. The van der Waals surface area contributed by atoms with E-state index in [0.29, 0.717) is 0 Å². The lowest BCUT2D eigenvalue weighted by Crippen LogP contribution is -2.15. The van der Waals surface area contributed by atoms with E-state index >= 15 is 0 Å². The molecule has 0 bridgehead atoms. The monoisotopic (exact) mass is 237 g/mol. The lowest BCUT2D eigenvalue weighted by molar-refractivity contribution is 0.646. The fraction of sp³-hybridized carbons (Fsp3) is 0.250. The summed E-state index contributed by atoms with van der Waals surface area (Å²) in [6.07, 6.45) is 3.87. The van der Waals surface area contributed by atoms with E-state index in [1.807, 2.05) is 24.4 Å². The summed E-state index contributed by atoms with van der Waals surface area (Å²) in [6.45, 7) is 1.69. The van der Waals surface area contributed by atoms with Gasteiger partial charge in [0.15, 0.2) is 0 Å². The summed E-state index contributed by atoms with van der Waals surface area (Å²) in [4.78, 5) is 4.25. The maximum Gasteiger partial charge on any atom is 0.0541 e. The van der Waals surface area contributed by atoms with Crippen molar-refractivity contribution in [1.29, 1.82) is 0 Å². The van der Waals surface area contributed by atoms with Crippen LogP contribution >= 0.6 is 12.4 Å². The number of nitrogens with one attached hydrogen (secondary N) is 1. The van der Waals surface area contributed by atoms with Gasteiger partial charge < -0.3 is 9.88 Å². The zero-order valence-electron chi connectivity index (χ0n) is 9.26. The van der Waals surface area contributed by atoms with Gasteiger partial charge in [0.05, 0.1) is 5.69 Å². The molecule has 0 aliphatic heterocycles. The average Bonchev–Trinajstić information content (AvgIpc) is 2.66. The average molecular weight is 238 g/mol. The van der Waals surface area contributed by atoms with Gasteiger partial charge in [0, 0.05) is 38.2 Å². The number of aromatic nitrogens is 2. The van der Waals surface area contributed by atoms with Crippen LogP contribution in [-0.2, 0) is 20.1 Å². The van der Waals surface area contributed by atoms with Gasteiger partial charge in [0.1, 0.15) is 0 Å². The fourth-order valence-corrected chi connectivity index (χ4v) is 1.50. The highest BCUT2D eigenvalue weighted by Crippen LogP contribution is 1.99. The Morgan fingerprint density at radius 1 is 1.19 bits per heavy atom. The van der Waals surface area contributed by atoms with Gasteiger partial charge >= 0.3 is 0 Å². The van der Waals surface area contributed by atoms with Gasteiger partial charge in [-0.1, -0.05) is 6.07 Å². The standard InChI is InChI=1S/C12H15N3.ClH/c1-15-8-4-6-12(15)10-13-9-11-5-2-3-7-14-11;/h2-8,13H,9-10H2,1H3;1H. The van der Waals surface area contributed by atoms with Crippen molar-refractivity contribution in [3.63, 3.8) is 0 Å². The van der Waals surface area contributed by atoms with Gasteiger partial charge in [0.25, 0.3) is 0 Å². The molecule has 0 saturated heterocycles. The molecule has 0 aliphatic rings. The molecule has 16 heavy (non-hydrogen) atoms. The number of hydrogen-bond acceptors (Lipinski definition) is 2. The lowest BCUT2D eigenvalue weighted by atomic mass is 10.3. The molecular weight excluding hydrogens is 222 g/mol. The first kappa shape index (κ1) is 12.7. The van der Waals surface area contributed by atoms with Crippen molar-refractivity contribution in [2.24, 2.45) is 7.05 Å². The molecule has 0 amide bonds. The second-order valence-electron chi connectivity index (χ2n) is 3.54. The van der Waals surface area contributed by atoms with Gasteiger partial charge in [-0.25, -0.2) is 0 Å². The van der Waals surface area contributed by atoms with E-state index in [1.54, 1.807) is 0 Å². The van der Waals surface area contributed by atoms with Crippen LogP contribution in [0.3, 0.4) is 0 Å². The zero-order chi connectivity index (χ0) is 10.5.